The maximum Gasteiger partial charge on any atom is 0.319 e. The molecule has 0 aliphatic heterocycles. The van der Waals surface area contributed by atoms with E-state index in [9.17, 15) is 4.79 Å². The van der Waals surface area contributed by atoms with E-state index in [1.807, 2.05) is 0 Å². The molecular formula is C20H26N4O5. The molecule has 156 valence electrons. The van der Waals surface area contributed by atoms with Crippen LogP contribution in [0.25, 0.3) is 0 Å². The highest BCUT2D eigenvalue weighted by Crippen LogP contribution is 2.30. The maximum atomic E-state index is 12.4. The van der Waals surface area contributed by atoms with Crippen molar-refractivity contribution in [3.63, 3.8) is 0 Å². The SMILES string of the molecule is COc1ccc(NC(=O)NC2CCC(Oc3nccnc3OC)CC2)c(OC)c1. The number of hydrogen-bond donors (Lipinski definition) is 2. The van der Waals surface area contributed by atoms with Crippen LogP contribution >= 0.6 is 0 Å². The van der Waals surface area contributed by atoms with Gasteiger partial charge in [0.05, 0.1) is 27.0 Å². The second kappa shape index (κ2) is 9.81. The van der Waals surface area contributed by atoms with Crippen molar-refractivity contribution in [3.8, 4) is 23.3 Å². The Morgan fingerprint density at radius 2 is 1.69 bits per heavy atom. The summed E-state index contributed by atoms with van der Waals surface area (Å²) in [6.45, 7) is 0. The van der Waals surface area contributed by atoms with Crippen LogP contribution in [0.5, 0.6) is 23.3 Å². The van der Waals surface area contributed by atoms with E-state index >= 15 is 0 Å². The number of rotatable bonds is 7. The van der Waals surface area contributed by atoms with Crippen LogP contribution in [0.3, 0.4) is 0 Å². The Morgan fingerprint density at radius 1 is 0.966 bits per heavy atom. The Bertz CT molecular complexity index is 824. The van der Waals surface area contributed by atoms with Gasteiger partial charge in [-0.2, -0.15) is 0 Å². The molecular weight excluding hydrogens is 376 g/mol. The number of nitrogens with zero attached hydrogens (tertiary/aromatic N) is 2. The highest BCUT2D eigenvalue weighted by Gasteiger charge is 2.25. The zero-order chi connectivity index (χ0) is 20.6. The number of carbonyl (C=O) groups excluding carboxylic acids is 1. The Morgan fingerprint density at radius 3 is 2.34 bits per heavy atom. The number of aromatic nitrogens is 2. The van der Waals surface area contributed by atoms with E-state index in [-0.39, 0.29) is 18.2 Å². The quantitative estimate of drug-likeness (QED) is 0.734. The van der Waals surface area contributed by atoms with Crippen LogP contribution in [0.2, 0.25) is 0 Å². The van der Waals surface area contributed by atoms with Gasteiger partial charge in [0, 0.05) is 24.5 Å². The minimum atomic E-state index is -0.270. The van der Waals surface area contributed by atoms with Crippen LogP contribution in [0.15, 0.2) is 30.6 Å². The molecule has 1 aromatic carbocycles. The number of hydrogen-bond acceptors (Lipinski definition) is 7. The minimum absolute atomic E-state index is 0.0170. The zero-order valence-electron chi connectivity index (χ0n) is 16.8. The van der Waals surface area contributed by atoms with Gasteiger partial charge in [0.25, 0.3) is 11.8 Å². The average Bonchev–Trinajstić information content (AvgIpc) is 2.75. The van der Waals surface area contributed by atoms with Gasteiger partial charge >= 0.3 is 6.03 Å². The van der Waals surface area contributed by atoms with Gasteiger partial charge in [0.1, 0.15) is 17.6 Å². The molecule has 0 unspecified atom stereocenters. The third-order valence-electron chi connectivity index (χ3n) is 4.77. The minimum Gasteiger partial charge on any atom is -0.497 e. The fourth-order valence-electron chi connectivity index (χ4n) is 3.26. The van der Waals surface area contributed by atoms with Gasteiger partial charge in [-0.1, -0.05) is 0 Å². The molecule has 1 saturated carbocycles. The fraction of sp³-hybridized carbons (Fsp3) is 0.450. The lowest BCUT2D eigenvalue weighted by atomic mass is 9.93. The molecule has 1 fully saturated rings. The van der Waals surface area contributed by atoms with Crippen molar-refractivity contribution in [3.05, 3.63) is 30.6 Å². The molecule has 1 heterocycles. The van der Waals surface area contributed by atoms with E-state index in [0.29, 0.717) is 28.9 Å². The van der Waals surface area contributed by atoms with Crippen molar-refractivity contribution in [2.75, 3.05) is 26.6 Å². The summed E-state index contributed by atoms with van der Waals surface area (Å²) in [4.78, 5) is 20.6. The number of benzene rings is 1. The number of methoxy groups -OCH3 is 3. The first kappa shape index (κ1) is 20.5. The van der Waals surface area contributed by atoms with Crippen molar-refractivity contribution in [1.82, 2.24) is 15.3 Å². The van der Waals surface area contributed by atoms with Crippen LogP contribution in [0.1, 0.15) is 25.7 Å². The summed E-state index contributed by atoms with van der Waals surface area (Å²) in [5, 5.41) is 5.84. The molecule has 2 aromatic rings. The number of anilines is 1. The molecule has 9 heteroatoms. The molecule has 0 atom stereocenters. The number of ether oxygens (including phenoxy) is 4. The monoisotopic (exact) mass is 402 g/mol. The largest absolute Gasteiger partial charge is 0.497 e. The van der Waals surface area contributed by atoms with Gasteiger partial charge < -0.3 is 29.6 Å². The van der Waals surface area contributed by atoms with Crippen LogP contribution in [-0.4, -0.2) is 49.5 Å². The van der Waals surface area contributed by atoms with E-state index in [2.05, 4.69) is 20.6 Å². The maximum absolute atomic E-state index is 12.4. The van der Waals surface area contributed by atoms with Crippen molar-refractivity contribution >= 4 is 11.7 Å². The van der Waals surface area contributed by atoms with Crippen molar-refractivity contribution in [1.29, 1.82) is 0 Å². The molecule has 0 spiro atoms. The molecule has 1 aromatic heterocycles. The van der Waals surface area contributed by atoms with Crippen molar-refractivity contribution in [2.45, 2.75) is 37.8 Å². The normalized spacial score (nSPS) is 18.4. The third-order valence-corrected chi connectivity index (χ3v) is 4.77. The summed E-state index contributed by atoms with van der Waals surface area (Å²) in [6.07, 6.45) is 6.36. The van der Waals surface area contributed by atoms with Gasteiger partial charge in [-0.15, -0.1) is 0 Å². The summed E-state index contributed by atoms with van der Waals surface area (Å²) >= 11 is 0. The first-order chi connectivity index (χ1) is 14.1. The smallest absolute Gasteiger partial charge is 0.319 e. The average molecular weight is 402 g/mol. The topological polar surface area (TPSA) is 104 Å². The van der Waals surface area contributed by atoms with Crippen molar-refractivity contribution < 1.29 is 23.7 Å². The fourth-order valence-corrected chi connectivity index (χ4v) is 3.26. The van der Waals surface area contributed by atoms with Gasteiger partial charge in [-0.25, -0.2) is 14.8 Å². The molecule has 2 amide bonds. The van der Waals surface area contributed by atoms with E-state index in [1.165, 1.54) is 7.11 Å². The summed E-state index contributed by atoms with van der Waals surface area (Å²) in [6, 6.07) is 5.03. The molecule has 0 bridgehead atoms. The Balaban J connectivity index is 1.49. The zero-order valence-corrected chi connectivity index (χ0v) is 16.8. The standard InChI is InChI=1S/C20H26N4O5/c1-26-15-8-9-16(17(12-15)27-2)24-20(25)23-13-4-6-14(7-5-13)29-19-18(28-3)21-10-11-22-19/h8-14H,4-7H2,1-3H3,(H2,23,24,25). The Labute approximate surface area is 169 Å². The molecule has 0 radical (unpaired) electrons. The molecule has 1 aliphatic rings. The molecule has 2 N–H and O–H groups in total. The summed E-state index contributed by atoms with van der Waals surface area (Å²) in [5.41, 5.74) is 0.581. The lowest BCUT2D eigenvalue weighted by Gasteiger charge is -2.29. The molecule has 29 heavy (non-hydrogen) atoms. The number of carbonyl (C=O) groups is 1. The van der Waals surface area contributed by atoms with Crippen molar-refractivity contribution in [2.24, 2.45) is 0 Å². The first-order valence-electron chi connectivity index (χ1n) is 9.44. The van der Waals surface area contributed by atoms with Crippen LogP contribution in [0.4, 0.5) is 10.5 Å². The highest BCUT2D eigenvalue weighted by atomic mass is 16.5. The molecule has 0 saturated heterocycles. The highest BCUT2D eigenvalue weighted by molar-refractivity contribution is 5.91. The van der Waals surface area contributed by atoms with Crippen LogP contribution in [0, 0.1) is 0 Å². The van der Waals surface area contributed by atoms with E-state index < -0.39 is 0 Å². The molecule has 9 nitrogen and oxygen atoms in total. The van der Waals surface area contributed by atoms with E-state index in [1.54, 1.807) is 44.8 Å². The van der Waals surface area contributed by atoms with Gasteiger partial charge in [0.2, 0.25) is 0 Å². The predicted octanol–water partition coefficient (Wildman–Crippen LogP) is 3.01. The summed E-state index contributed by atoms with van der Waals surface area (Å²) in [7, 11) is 4.66. The number of urea groups is 1. The molecule has 3 rings (SSSR count). The first-order valence-corrected chi connectivity index (χ1v) is 9.44. The van der Waals surface area contributed by atoms with Gasteiger partial charge in [-0.05, 0) is 37.8 Å². The third kappa shape index (κ3) is 5.40. The van der Waals surface area contributed by atoms with Crippen LogP contribution < -0.4 is 29.6 Å². The molecule has 1 aliphatic carbocycles. The lowest BCUT2D eigenvalue weighted by Crippen LogP contribution is -2.41. The Kier molecular flexibility index (Phi) is 6.94. The van der Waals surface area contributed by atoms with Gasteiger partial charge in [0.15, 0.2) is 0 Å². The van der Waals surface area contributed by atoms with Crippen LogP contribution in [-0.2, 0) is 0 Å². The van der Waals surface area contributed by atoms with Gasteiger partial charge in [-0.3, -0.25) is 0 Å². The van der Waals surface area contributed by atoms with E-state index in [0.717, 1.165) is 25.7 Å². The second-order valence-electron chi connectivity index (χ2n) is 6.63. The predicted molar refractivity (Wildman–Crippen MR) is 107 cm³/mol. The number of amides is 2. The Hall–Kier alpha value is -3.23. The number of nitrogens with one attached hydrogen (secondary N) is 2. The second-order valence-corrected chi connectivity index (χ2v) is 6.63. The van der Waals surface area contributed by atoms with E-state index in [4.69, 9.17) is 18.9 Å². The summed E-state index contributed by atoms with van der Waals surface area (Å²) < 4.78 is 21.6. The summed E-state index contributed by atoms with van der Waals surface area (Å²) in [5.74, 6) is 1.97. The lowest BCUT2D eigenvalue weighted by molar-refractivity contribution is 0.129.